The molecule has 0 nitrogen and oxygen atoms in total. The fourth-order valence-electron chi connectivity index (χ4n) is 3.31. The van der Waals surface area contributed by atoms with Crippen LogP contribution in [0.4, 0.5) is 0 Å². The number of aryl methyl sites for hydroxylation is 1. The Labute approximate surface area is 110 Å². The Kier molecular flexibility index (Phi) is 2.35. The predicted molar refractivity (Wildman–Crippen MR) is 79.1 cm³/mol. The summed E-state index contributed by atoms with van der Waals surface area (Å²) in [5, 5.41) is 2.84. The highest BCUT2D eigenvalue weighted by Crippen LogP contribution is 2.50. The van der Waals surface area contributed by atoms with Crippen LogP contribution in [0.25, 0.3) is 10.8 Å². The highest BCUT2D eigenvalue weighted by Gasteiger charge is 2.42. The molecule has 18 heavy (non-hydrogen) atoms. The molecule has 0 fully saturated rings. The number of rotatable bonds is 0. The zero-order valence-electron chi connectivity index (χ0n) is 11.9. The minimum absolute atomic E-state index is 0.255. The second kappa shape index (κ2) is 3.60. The van der Waals surface area contributed by atoms with Gasteiger partial charge in [-0.25, -0.2) is 0 Å². The van der Waals surface area contributed by atoms with Gasteiger partial charge in [0.15, 0.2) is 0 Å². The third-order valence-corrected chi connectivity index (χ3v) is 5.41. The Morgan fingerprint density at radius 2 is 1.61 bits per heavy atom. The molecule has 0 atom stereocenters. The number of benzene rings is 2. The average Bonchev–Trinajstić information content (AvgIpc) is 2.34. The molecule has 3 rings (SSSR count). The third kappa shape index (κ3) is 1.44. The van der Waals surface area contributed by atoms with Gasteiger partial charge in [-0.05, 0) is 45.6 Å². The van der Waals surface area contributed by atoms with E-state index in [-0.39, 0.29) is 5.41 Å². The molecule has 0 spiro atoms. The fraction of sp³-hybridized carbons (Fsp3) is 0.444. The first kappa shape index (κ1) is 11.8. The summed E-state index contributed by atoms with van der Waals surface area (Å²) in [7, 11) is 0. The van der Waals surface area contributed by atoms with Crippen molar-refractivity contribution in [3.8, 4) is 0 Å². The molecule has 0 unspecified atom stereocenters. The molecular formula is C18H22. The van der Waals surface area contributed by atoms with E-state index in [9.17, 15) is 0 Å². The van der Waals surface area contributed by atoms with Gasteiger partial charge in [0.1, 0.15) is 0 Å². The van der Waals surface area contributed by atoms with Crippen molar-refractivity contribution in [2.75, 3.05) is 0 Å². The lowest BCUT2D eigenvalue weighted by molar-refractivity contribution is 0.166. The fourth-order valence-corrected chi connectivity index (χ4v) is 3.31. The summed E-state index contributed by atoms with van der Waals surface area (Å²) < 4.78 is 0. The van der Waals surface area contributed by atoms with Gasteiger partial charge in [0, 0.05) is 0 Å². The molecular weight excluding hydrogens is 216 g/mol. The largest absolute Gasteiger partial charge is 0.0616 e. The summed E-state index contributed by atoms with van der Waals surface area (Å²) in [6.07, 6.45) is 2.49. The molecule has 0 heteroatoms. The van der Waals surface area contributed by atoms with Crippen LogP contribution in [0.15, 0.2) is 36.4 Å². The first-order chi connectivity index (χ1) is 8.43. The Morgan fingerprint density at radius 1 is 0.889 bits per heavy atom. The Morgan fingerprint density at radius 3 is 2.39 bits per heavy atom. The highest BCUT2D eigenvalue weighted by atomic mass is 14.5. The maximum absolute atomic E-state index is 2.41. The predicted octanol–water partition coefficient (Wildman–Crippen LogP) is 5.09. The lowest BCUT2D eigenvalue weighted by Gasteiger charge is -2.47. The number of hydrogen-bond donors (Lipinski definition) is 0. The molecule has 0 heterocycles. The molecule has 0 N–H and O–H groups in total. The van der Waals surface area contributed by atoms with E-state index in [0.29, 0.717) is 5.41 Å². The maximum atomic E-state index is 2.41. The summed E-state index contributed by atoms with van der Waals surface area (Å²) in [6, 6.07) is 13.4. The molecule has 1 aliphatic rings. The van der Waals surface area contributed by atoms with Gasteiger partial charge in [0.25, 0.3) is 0 Å². The van der Waals surface area contributed by atoms with Gasteiger partial charge in [0.05, 0.1) is 0 Å². The SMILES string of the molecule is CC1(C)CCc2c(ccc3ccccc23)C1(C)C. The van der Waals surface area contributed by atoms with E-state index in [4.69, 9.17) is 0 Å². The van der Waals surface area contributed by atoms with Gasteiger partial charge >= 0.3 is 0 Å². The van der Waals surface area contributed by atoms with Crippen LogP contribution in [0.3, 0.4) is 0 Å². The van der Waals surface area contributed by atoms with Crippen LogP contribution < -0.4 is 0 Å². The van der Waals surface area contributed by atoms with Crippen molar-refractivity contribution in [1.82, 2.24) is 0 Å². The van der Waals surface area contributed by atoms with Crippen molar-refractivity contribution in [3.05, 3.63) is 47.5 Å². The monoisotopic (exact) mass is 238 g/mol. The van der Waals surface area contributed by atoms with Crippen LogP contribution in [-0.4, -0.2) is 0 Å². The van der Waals surface area contributed by atoms with E-state index in [1.165, 1.54) is 23.6 Å². The number of hydrogen-bond acceptors (Lipinski definition) is 0. The van der Waals surface area contributed by atoms with Crippen molar-refractivity contribution in [2.24, 2.45) is 5.41 Å². The van der Waals surface area contributed by atoms with E-state index >= 15 is 0 Å². The standard InChI is InChI=1S/C18H22/c1-17(2)12-11-15-14-8-6-5-7-13(14)9-10-16(15)18(17,3)4/h5-10H,11-12H2,1-4H3. The summed E-state index contributed by atoms with van der Waals surface area (Å²) in [5.41, 5.74) is 3.77. The Hall–Kier alpha value is -1.30. The lowest BCUT2D eigenvalue weighted by Crippen LogP contribution is -2.41. The van der Waals surface area contributed by atoms with Crippen LogP contribution in [0.5, 0.6) is 0 Å². The molecule has 2 aromatic carbocycles. The molecule has 0 bridgehead atoms. The number of fused-ring (bicyclic) bond motifs is 3. The van der Waals surface area contributed by atoms with E-state index in [2.05, 4.69) is 64.1 Å². The maximum Gasteiger partial charge on any atom is -0.00494 e. The van der Waals surface area contributed by atoms with Crippen LogP contribution in [-0.2, 0) is 11.8 Å². The van der Waals surface area contributed by atoms with Crippen LogP contribution in [0.2, 0.25) is 0 Å². The van der Waals surface area contributed by atoms with Crippen LogP contribution >= 0.6 is 0 Å². The average molecular weight is 238 g/mol. The smallest absolute Gasteiger partial charge is 0.00494 e. The van der Waals surface area contributed by atoms with Gasteiger partial charge in [-0.3, -0.25) is 0 Å². The minimum atomic E-state index is 0.255. The second-order valence-electron chi connectivity index (χ2n) is 6.82. The summed E-state index contributed by atoms with van der Waals surface area (Å²) >= 11 is 0. The van der Waals surface area contributed by atoms with Crippen molar-refractivity contribution < 1.29 is 0 Å². The van der Waals surface area contributed by atoms with Crippen LogP contribution in [0, 0.1) is 5.41 Å². The Balaban J connectivity index is 2.32. The molecule has 0 saturated carbocycles. The molecule has 0 aliphatic heterocycles. The first-order valence-corrected chi connectivity index (χ1v) is 6.95. The molecule has 0 radical (unpaired) electrons. The van der Waals surface area contributed by atoms with Gasteiger partial charge in [-0.2, -0.15) is 0 Å². The van der Waals surface area contributed by atoms with Crippen molar-refractivity contribution in [3.63, 3.8) is 0 Å². The second-order valence-corrected chi connectivity index (χ2v) is 6.82. The first-order valence-electron chi connectivity index (χ1n) is 6.95. The molecule has 0 aromatic heterocycles. The highest BCUT2D eigenvalue weighted by molar-refractivity contribution is 5.87. The normalized spacial score (nSPS) is 20.7. The summed E-state index contributed by atoms with van der Waals surface area (Å²) in [5.74, 6) is 0. The van der Waals surface area contributed by atoms with E-state index < -0.39 is 0 Å². The van der Waals surface area contributed by atoms with Crippen molar-refractivity contribution >= 4 is 10.8 Å². The molecule has 94 valence electrons. The van der Waals surface area contributed by atoms with Gasteiger partial charge in [0.2, 0.25) is 0 Å². The van der Waals surface area contributed by atoms with Gasteiger partial charge in [-0.15, -0.1) is 0 Å². The molecule has 1 aliphatic carbocycles. The minimum Gasteiger partial charge on any atom is -0.0616 e. The molecule has 0 saturated heterocycles. The quantitative estimate of drug-likeness (QED) is 0.599. The topological polar surface area (TPSA) is 0 Å². The summed E-state index contributed by atoms with van der Waals surface area (Å²) in [4.78, 5) is 0. The molecule has 2 aromatic rings. The third-order valence-electron chi connectivity index (χ3n) is 5.41. The molecule has 0 amide bonds. The van der Waals surface area contributed by atoms with Crippen molar-refractivity contribution in [2.45, 2.75) is 46.0 Å². The lowest BCUT2D eigenvalue weighted by atomic mass is 9.57. The van der Waals surface area contributed by atoms with E-state index in [1.807, 2.05) is 0 Å². The van der Waals surface area contributed by atoms with Gasteiger partial charge in [-0.1, -0.05) is 64.1 Å². The summed E-state index contributed by atoms with van der Waals surface area (Å²) in [6.45, 7) is 9.62. The van der Waals surface area contributed by atoms with Crippen molar-refractivity contribution in [1.29, 1.82) is 0 Å². The van der Waals surface area contributed by atoms with E-state index in [1.54, 1.807) is 11.1 Å². The zero-order chi connectivity index (χ0) is 13.0. The van der Waals surface area contributed by atoms with E-state index in [0.717, 1.165) is 0 Å². The zero-order valence-corrected chi connectivity index (χ0v) is 11.9. The van der Waals surface area contributed by atoms with Gasteiger partial charge < -0.3 is 0 Å². The van der Waals surface area contributed by atoms with Crippen LogP contribution in [0.1, 0.15) is 45.2 Å². The Bertz CT molecular complexity index is 602.